The molecule has 0 saturated heterocycles. The zero-order valence-electron chi connectivity index (χ0n) is 13.7. The Morgan fingerprint density at radius 2 is 1.92 bits per heavy atom. The minimum absolute atomic E-state index is 0.0928. The van der Waals surface area contributed by atoms with Crippen molar-refractivity contribution in [1.29, 1.82) is 0 Å². The van der Waals surface area contributed by atoms with E-state index in [9.17, 15) is 9.59 Å². The molecule has 0 bridgehead atoms. The fourth-order valence-corrected chi connectivity index (χ4v) is 2.62. The molecule has 0 atom stereocenters. The summed E-state index contributed by atoms with van der Waals surface area (Å²) < 4.78 is 1.80. The molecule has 26 heavy (non-hydrogen) atoms. The van der Waals surface area contributed by atoms with Gasteiger partial charge in [-0.1, -0.05) is 36.5 Å². The third-order valence-electron chi connectivity index (χ3n) is 3.79. The molecular weight excluding hydrogens is 352 g/mol. The topological polar surface area (TPSA) is 110 Å². The molecule has 0 radical (unpaired) electrons. The molecule has 2 aromatic heterocycles. The van der Waals surface area contributed by atoms with Crippen LogP contribution in [-0.4, -0.2) is 31.4 Å². The average Bonchev–Trinajstić information content (AvgIpc) is 3.05. The van der Waals surface area contributed by atoms with Crippen molar-refractivity contribution in [3.63, 3.8) is 0 Å². The standard InChI is InChI=1S/C18H16N4O3S/c19-17(26)12-5-3-11(4-6-12)14-10-22-9-1-2-13(18(22)21-14)20-15(23)7-8-16(24)25/h1-6,9-10H,7-8H2,(H2,19,26)(H,20,23)(H,24,25). The molecule has 132 valence electrons. The molecule has 3 rings (SSSR count). The van der Waals surface area contributed by atoms with E-state index < -0.39 is 5.97 Å². The molecule has 3 aromatic rings. The number of hydrogen-bond acceptors (Lipinski definition) is 4. The molecular formula is C18H16N4O3S. The van der Waals surface area contributed by atoms with Crippen LogP contribution in [0.4, 0.5) is 5.69 Å². The summed E-state index contributed by atoms with van der Waals surface area (Å²) in [7, 11) is 0. The molecule has 0 spiro atoms. The Morgan fingerprint density at radius 1 is 1.19 bits per heavy atom. The Hall–Kier alpha value is -3.26. The lowest BCUT2D eigenvalue weighted by molar-refractivity contribution is -0.138. The second-order valence-electron chi connectivity index (χ2n) is 5.66. The number of thiocarbonyl (C=S) groups is 1. The molecule has 0 fully saturated rings. The number of carbonyl (C=O) groups is 2. The SMILES string of the molecule is NC(=S)c1ccc(-c2cn3cccc(NC(=O)CCC(=O)O)c3n2)cc1. The molecule has 4 N–H and O–H groups in total. The number of pyridine rings is 1. The summed E-state index contributed by atoms with van der Waals surface area (Å²) in [4.78, 5) is 27.4. The second-order valence-corrected chi connectivity index (χ2v) is 6.10. The van der Waals surface area contributed by atoms with E-state index in [1.165, 1.54) is 0 Å². The first-order valence-corrected chi connectivity index (χ1v) is 8.24. The lowest BCUT2D eigenvalue weighted by Crippen LogP contribution is -2.13. The van der Waals surface area contributed by atoms with E-state index in [1.807, 2.05) is 36.7 Å². The zero-order chi connectivity index (χ0) is 18.7. The minimum atomic E-state index is -1.01. The number of carboxylic acids is 1. The smallest absolute Gasteiger partial charge is 0.303 e. The summed E-state index contributed by atoms with van der Waals surface area (Å²) in [5, 5.41) is 11.4. The summed E-state index contributed by atoms with van der Waals surface area (Å²) in [6.07, 6.45) is 3.36. The number of amides is 1. The van der Waals surface area contributed by atoms with Gasteiger partial charge < -0.3 is 20.6 Å². The van der Waals surface area contributed by atoms with Gasteiger partial charge in [0.25, 0.3) is 0 Å². The van der Waals surface area contributed by atoms with Crippen LogP contribution in [0, 0.1) is 0 Å². The van der Waals surface area contributed by atoms with Gasteiger partial charge in [0.1, 0.15) is 4.99 Å². The number of benzene rings is 1. The number of nitrogens with one attached hydrogen (secondary N) is 1. The Balaban J connectivity index is 1.88. The van der Waals surface area contributed by atoms with E-state index in [2.05, 4.69) is 10.3 Å². The van der Waals surface area contributed by atoms with Crippen molar-refractivity contribution in [3.8, 4) is 11.3 Å². The summed E-state index contributed by atoms with van der Waals surface area (Å²) in [5.74, 6) is -1.38. The molecule has 0 aliphatic rings. The van der Waals surface area contributed by atoms with E-state index in [-0.39, 0.29) is 18.7 Å². The van der Waals surface area contributed by atoms with Crippen LogP contribution in [0.25, 0.3) is 16.9 Å². The molecule has 0 aliphatic heterocycles. The molecule has 0 unspecified atom stereocenters. The molecule has 0 aliphatic carbocycles. The number of rotatable bonds is 6. The number of aliphatic carboxylic acids is 1. The van der Waals surface area contributed by atoms with Gasteiger partial charge in [0.05, 0.1) is 17.8 Å². The molecule has 1 amide bonds. The van der Waals surface area contributed by atoms with Crippen LogP contribution in [0.15, 0.2) is 48.8 Å². The van der Waals surface area contributed by atoms with Crippen molar-refractivity contribution in [1.82, 2.24) is 9.38 Å². The van der Waals surface area contributed by atoms with Crippen LogP contribution in [0.3, 0.4) is 0 Å². The molecule has 0 saturated carbocycles. The number of nitrogens with two attached hydrogens (primary N) is 1. The first-order valence-electron chi connectivity index (χ1n) is 7.83. The predicted octanol–water partition coefficient (Wildman–Crippen LogP) is 2.44. The monoisotopic (exact) mass is 368 g/mol. The van der Waals surface area contributed by atoms with Crippen LogP contribution in [0.1, 0.15) is 18.4 Å². The zero-order valence-corrected chi connectivity index (χ0v) is 14.5. The van der Waals surface area contributed by atoms with Gasteiger partial charge in [-0.25, -0.2) is 4.98 Å². The number of nitrogens with zero attached hydrogens (tertiary/aromatic N) is 2. The van der Waals surface area contributed by atoms with Gasteiger partial charge in [-0.3, -0.25) is 9.59 Å². The maximum absolute atomic E-state index is 11.9. The number of carboxylic acid groups (broad SMARTS) is 1. The third-order valence-corrected chi connectivity index (χ3v) is 4.02. The van der Waals surface area contributed by atoms with Crippen LogP contribution in [0.2, 0.25) is 0 Å². The fourth-order valence-electron chi connectivity index (χ4n) is 2.49. The highest BCUT2D eigenvalue weighted by Crippen LogP contribution is 2.23. The summed E-state index contributed by atoms with van der Waals surface area (Å²) in [6, 6.07) is 10.9. The van der Waals surface area contributed by atoms with Gasteiger partial charge >= 0.3 is 5.97 Å². The van der Waals surface area contributed by atoms with Crippen molar-refractivity contribution < 1.29 is 14.7 Å². The maximum atomic E-state index is 11.9. The van der Waals surface area contributed by atoms with Gasteiger partial charge in [0, 0.05) is 29.9 Å². The lowest BCUT2D eigenvalue weighted by atomic mass is 10.1. The highest BCUT2D eigenvalue weighted by atomic mass is 32.1. The summed E-state index contributed by atoms with van der Waals surface area (Å²) in [5.41, 5.74) is 9.10. The summed E-state index contributed by atoms with van der Waals surface area (Å²) in [6.45, 7) is 0. The normalized spacial score (nSPS) is 10.6. The first-order chi connectivity index (χ1) is 12.4. The van der Waals surface area contributed by atoms with Crippen molar-refractivity contribution in [2.75, 3.05) is 5.32 Å². The van der Waals surface area contributed by atoms with Crippen LogP contribution in [-0.2, 0) is 9.59 Å². The highest BCUT2D eigenvalue weighted by molar-refractivity contribution is 7.80. The third kappa shape index (κ3) is 3.86. The molecule has 2 heterocycles. The average molecular weight is 368 g/mol. The predicted molar refractivity (Wildman–Crippen MR) is 102 cm³/mol. The Kier molecular flexibility index (Phi) is 4.94. The van der Waals surface area contributed by atoms with E-state index in [0.717, 1.165) is 16.8 Å². The maximum Gasteiger partial charge on any atom is 0.303 e. The van der Waals surface area contributed by atoms with Gasteiger partial charge in [0.2, 0.25) is 5.91 Å². The number of carbonyl (C=O) groups excluding carboxylic acids is 1. The molecule has 1 aromatic carbocycles. The quantitative estimate of drug-likeness (QED) is 0.577. The number of imidazole rings is 1. The number of aromatic nitrogens is 2. The van der Waals surface area contributed by atoms with Crippen LogP contribution in [0.5, 0.6) is 0 Å². The Morgan fingerprint density at radius 3 is 2.58 bits per heavy atom. The van der Waals surface area contributed by atoms with Gasteiger partial charge in [-0.05, 0) is 12.1 Å². The number of hydrogen-bond donors (Lipinski definition) is 3. The van der Waals surface area contributed by atoms with Gasteiger partial charge in [-0.2, -0.15) is 0 Å². The van der Waals surface area contributed by atoms with E-state index in [4.69, 9.17) is 23.1 Å². The van der Waals surface area contributed by atoms with E-state index >= 15 is 0 Å². The minimum Gasteiger partial charge on any atom is -0.481 e. The fraction of sp³-hybridized carbons (Fsp3) is 0.111. The van der Waals surface area contributed by atoms with Crippen molar-refractivity contribution >= 4 is 40.4 Å². The largest absolute Gasteiger partial charge is 0.481 e. The molecule has 7 nitrogen and oxygen atoms in total. The Labute approximate surface area is 154 Å². The second kappa shape index (κ2) is 7.32. The number of anilines is 1. The van der Waals surface area contributed by atoms with Crippen molar-refractivity contribution in [2.45, 2.75) is 12.8 Å². The van der Waals surface area contributed by atoms with Crippen LogP contribution >= 0.6 is 12.2 Å². The van der Waals surface area contributed by atoms with Gasteiger partial charge in [0.15, 0.2) is 5.65 Å². The van der Waals surface area contributed by atoms with Crippen LogP contribution < -0.4 is 11.1 Å². The molecule has 8 heteroatoms. The Bertz CT molecular complexity index is 995. The number of fused-ring (bicyclic) bond motifs is 1. The van der Waals surface area contributed by atoms with Crippen molar-refractivity contribution in [2.24, 2.45) is 5.73 Å². The summed E-state index contributed by atoms with van der Waals surface area (Å²) >= 11 is 4.95. The lowest BCUT2D eigenvalue weighted by Gasteiger charge is -2.05. The first kappa shape index (κ1) is 17.6. The van der Waals surface area contributed by atoms with E-state index in [1.54, 1.807) is 16.5 Å². The van der Waals surface area contributed by atoms with Crippen molar-refractivity contribution in [3.05, 3.63) is 54.4 Å². The van der Waals surface area contributed by atoms with Gasteiger partial charge in [-0.15, -0.1) is 0 Å². The highest BCUT2D eigenvalue weighted by Gasteiger charge is 2.11. The van der Waals surface area contributed by atoms with E-state index in [0.29, 0.717) is 16.3 Å².